The predicted molar refractivity (Wildman–Crippen MR) is 121 cm³/mol. The van der Waals surface area contributed by atoms with Gasteiger partial charge in [-0.1, -0.05) is 18.2 Å². The van der Waals surface area contributed by atoms with Crippen LogP contribution in [0.15, 0.2) is 53.4 Å². The van der Waals surface area contributed by atoms with Gasteiger partial charge >= 0.3 is 0 Å². The lowest BCUT2D eigenvalue weighted by Gasteiger charge is -2.37. The fraction of sp³-hybridized carbons (Fsp3) is 0.417. The normalized spacial score (nSPS) is 18.6. The van der Waals surface area contributed by atoms with Crippen LogP contribution < -0.4 is 5.32 Å². The zero-order valence-corrected chi connectivity index (χ0v) is 19.4. The number of amides is 2. The van der Waals surface area contributed by atoms with Crippen LogP contribution in [0.3, 0.4) is 0 Å². The van der Waals surface area contributed by atoms with Crippen LogP contribution in [0.1, 0.15) is 36.0 Å². The highest BCUT2D eigenvalue weighted by molar-refractivity contribution is 7.89. The molecule has 0 unspecified atom stereocenters. The van der Waals surface area contributed by atoms with E-state index in [9.17, 15) is 26.8 Å². The van der Waals surface area contributed by atoms with Gasteiger partial charge in [-0.3, -0.25) is 9.59 Å². The van der Waals surface area contributed by atoms with Gasteiger partial charge in [0.15, 0.2) is 11.6 Å². The number of benzene rings is 2. The molecule has 0 radical (unpaired) electrons. The van der Waals surface area contributed by atoms with Crippen molar-refractivity contribution in [3.05, 3.63) is 65.7 Å². The molecule has 2 aromatic carbocycles. The van der Waals surface area contributed by atoms with Gasteiger partial charge in [0.25, 0.3) is 5.91 Å². The third kappa shape index (κ3) is 5.28. The van der Waals surface area contributed by atoms with Crippen molar-refractivity contribution in [3.8, 4) is 0 Å². The quantitative estimate of drug-likeness (QED) is 0.697. The fourth-order valence-electron chi connectivity index (χ4n) is 4.49. The van der Waals surface area contributed by atoms with E-state index in [1.165, 1.54) is 4.31 Å². The van der Waals surface area contributed by atoms with Crippen molar-refractivity contribution in [1.29, 1.82) is 0 Å². The van der Waals surface area contributed by atoms with Crippen LogP contribution in [0, 0.1) is 17.6 Å². The molecule has 2 saturated heterocycles. The van der Waals surface area contributed by atoms with Gasteiger partial charge in [0.1, 0.15) is 0 Å². The van der Waals surface area contributed by atoms with Gasteiger partial charge in [-0.05, 0) is 56.0 Å². The highest BCUT2D eigenvalue weighted by Gasteiger charge is 2.35. The Morgan fingerprint density at radius 3 is 2.12 bits per heavy atom. The number of halogens is 2. The number of hydrogen-bond acceptors (Lipinski definition) is 4. The molecule has 0 aromatic heterocycles. The first kappa shape index (κ1) is 24.3. The highest BCUT2D eigenvalue weighted by Crippen LogP contribution is 2.27. The van der Waals surface area contributed by atoms with Crippen molar-refractivity contribution in [2.45, 2.75) is 36.6 Å². The molecule has 0 aliphatic carbocycles. The Labute approximate surface area is 197 Å². The molecule has 2 aliphatic rings. The second kappa shape index (κ2) is 10.2. The van der Waals surface area contributed by atoms with E-state index in [1.807, 2.05) is 18.2 Å². The van der Waals surface area contributed by atoms with Gasteiger partial charge in [-0.2, -0.15) is 4.31 Å². The number of rotatable bonds is 5. The average molecular weight is 492 g/mol. The van der Waals surface area contributed by atoms with Crippen molar-refractivity contribution in [1.82, 2.24) is 14.5 Å². The van der Waals surface area contributed by atoms with Gasteiger partial charge in [0.2, 0.25) is 15.9 Å². The molecule has 7 nitrogen and oxygen atoms in total. The third-order valence-corrected chi connectivity index (χ3v) is 8.40. The minimum Gasteiger partial charge on any atom is -0.349 e. The molecule has 0 atom stereocenters. The van der Waals surface area contributed by atoms with E-state index in [0.717, 1.165) is 12.1 Å². The number of carbonyl (C=O) groups excluding carboxylic acids is 2. The van der Waals surface area contributed by atoms with Gasteiger partial charge in [-0.25, -0.2) is 17.2 Å². The van der Waals surface area contributed by atoms with E-state index < -0.39 is 21.7 Å². The van der Waals surface area contributed by atoms with Crippen LogP contribution in [0.4, 0.5) is 8.78 Å². The molecule has 2 aliphatic heterocycles. The minimum atomic E-state index is -3.96. The third-order valence-electron chi connectivity index (χ3n) is 6.51. The Bertz CT molecular complexity index is 1140. The standard InChI is InChI=1S/C24H27F2N3O4S/c25-21-7-6-20(16-22(21)26)34(32,33)29-14-8-18(9-15-29)24(31)28-12-10-19(11-13-28)27-23(30)17-4-2-1-3-5-17/h1-7,16,18-19H,8-15H2,(H,27,30). The van der Waals surface area contributed by atoms with Crippen molar-refractivity contribution >= 4 is 21.8 Å². The number of nitrogens with one attached hydrogen (secondary N) is 1. The lowest BCUT2D eigenvalue weighted by atomic mass is 9.94. The molecule has 2 amide bonds. The molecule has 4 rings (SSSR count). The van der Waals surface area contributed by atoms with Crippen molar-refractivity contribution < 1.29 is 26.8 Å². The molecule has 0 bridgehead atoms. The molecular weight excluding hydrogens is 464 g/mol. The highest BCUT2D eigenvalue weighted by atomic mass is 32.2. The van der Waals surface area contributed by atoms with Crippen LogP contribution in [-0.2, 0) is 14.8 Å². The fourth-order valence-corrected chi connectivity index (χ4v) is 5.97. The SMILES string of the molecule is O=C(NC1CCN(C(=O)C2CCN(S(=O)(=O)c3ccc(F)c(F)c3)CC2)CC1)c1ccccc1. The zero-order chi connectivity index (χ0) is 24.3. The summed E-state index contributed by atoms with van der Waals surface area (Å²) in [6.07, 6.45) is 2.06. The monoisotopic (exact) mass is 491 g/mol. The van der Waals surface area contributed by atoms with E-state index in [2.05, 4.69) is 5.32 Å². The Kier molecular flexibility index (Phi) is 7.27. The molecule has 0 saturated carbocycles. The molecule has 1 N–H and O–H groups in total. The summed E-state index contributed by atoms with van der Waals surface area (Å²) in [5.41, 5.74) is 0.603. The molecular formula is C24H27F2N3O4S. The summed E-state index contributed by atoms with van der Waals surface area (Å²) in [7, 11) is -3.96. The number of carbonyl (C=O) groups is 2. The van der Waals surface area contributed by atoms with E-state index >= 15 is 0 Å². The summed E-state index contributed by atoms with van der Waals surface area (Å²) in [6, 6.07) is 11.5. The molecule has 2 heterocycles. The zero-order valence-electron chi connectivity index (χ0n) is 18.6. The summed E-state index contributed by atoms with van der Waals surface area (Å²) in [5.74, 6) is -2.73. The smallest absolute Gasteiger partial charge is 0.251 e. The number of piperidine rings is 2. The Morgan fingerprint density at radius 2 is 1.50 bits per heavy atom. The predicted octanol–water partition coefficient (Wildman–Crippen LogP) is 2.79. The van der Waals surface area contributed by atoms with Gasteiger partial charge in [0.05, 0.1) is 4.90 Å². The number of likely N-dealkylation sites (tertiary alicyclic amines) is 1. The molecule has 182 valence electrons. The molecule has 2 fully saturated rings. The Hall–Kier alpha value is -2.85. The number of nitrogens with zero attached hydrogens (tertiary/aromatic N) is 2. The topological polar surface area (TPSA) is 86.8 Å². The van der Waals surface area contributed by atoms with Crippen LogP contribution in [0.2, 0.25) is 0 Å². The first-order chi connectivity index (χ1) is 16.3. The summed E-state index contributed by atoms with van der Waals surface area (Å²) < 4.78 is 53.4. The second-order valence-electron chi connectivity index (χ2n) is 8.69. The van der Waals surface area contributed by atoms with E-state index in [4.69, 9.17) is 0 Å². The largest absolute Gasteiger partial charge is 0.349 e. The van der Waals surface area contributed by atoms with Crippen LogP contribution in [0.5, 0.6) is 0 Å². The van der Waals surface area contributed by atoms with Crippen molar-refractivity contribution in [3.63, 3.8) is 0 Å². The van der Waals surface area contributed by atoms with Crippen molar-refractivity contribution in [2.24, 2.45) is 5.92 Å². The molecule has 34 heavy (non-hydrogen) atoms. The van der Waals surface area contributed by atoms with E-state index in [1.54, 1.807) is 17.0 Å². The second-order valence-corrected chi connectivity index (χ2v) is 10.6. The lowest BCUT2D eigenvalue weighted by molar-refractivity contribution is -0.137. The van der Waals surface area contributed by atoms with Crippen LogP contribution in [0.25, 0.3) is 0 Å². The maximum absolute atomic E-state index is 13.5. The molecule has 2 aromatic rings. The maximum atomic E-state index is 13.5. The van der Waals surface area contributed by atoms with Gasteiger partial charge in [-0.15, -0.1) is 0 Å². The van der Waals surface area contributed by atoms with Gasteiger partial charge < -0.3 is 10.2 Å². The first-order valence-corrected chi connectivity index (χ1v) is 12.8. The Morgan fingerprint density at radius 1 is 0.853 bits per heavy atom. The van der Waals surface area contributed by atoms with Crippen LogP contribution in [-0.4, -0.2) is 61.7 Å². The first-order valence-electron chi connectivity index (χ1n) is 11.4. The maximum Gasteiger partial charge on any atom is 0.251 e. The van der Waals surface area contributed by atoms with E-state index in [0.29, 0.717) is 50.4 Å². The summed E-state index contributed by atoms with van der Waals surface area (Å²) >= 11 is 0. The van der Waals surface area contributed by atoms with Crippen molar-refractivity contribution in [2.75, 3.05) is 26.2 Å². The lowest BCUT2D eigenvalue weighted by Crippen LogP contribution is -2.49. The summed E-state index contributed by atoms with van der Waals surface area (Å²) in [4.78, 5) is 26.8. The van der Waals surface area contributed by atoms with Crippen LogP contribution >= 0.6 is 0 Å². The average Bonchev–Trinajstić information content (AvgIpc) is 2.86. The van der Waals surface area contributed by atoms with Gasteiger partial charge in [0, 0.05) is 43.7 Å². The minimum absolute atomic E-state index is 0.000138. The van der Waals surface area contributed by atoms with E-state index in [-0.39, 0.29) is 41.8 Å². The number of sulfonamides is 1. The summed E-state index contributed by atoms with van der Waals surface area (Å²) in [6.45, 7) is 1.35. The Balaban J connectivity index is 1.27. The number of hydrogen-bond donors (Lipinski definition) is 1. The summed E-state index contributed by atoms with van der Waals surface area (Å²) in [5, 5.41) is 3.02. The molecule has 0 spiro atoms. The molecule has 10 heteroatoms.